The molecule has 0 radical (unpaired) electrons. The van der Waals surface area contributed by atoms with Crippen LogP contribution in [-0.4, -0.2) is 20.9 Å². The maximum absolute atomic E-state index is 6.25. The van der Waals surface area contributed by atoms with Crippen molar-refractivity contribution in [2.45, 2.75) is 37.6 Å². The first-order valence-corrected chi connectivity index (χ1v) is 11.5. The molecule has 1 aromatic carbocycles. The third kappa shape index (κ3) is 4.28. The predicted octanol–water partition coefficient (Wildman–Crippen LogP) is 6.15. The Kier molecular flexibility index (Phi) is 5.95. The summed E-state index contributed by atoms with van der Waals surface area (Å²) in [5.41, 5.74) is 2.55. The van der Waals surface area contributed by atoms with Crippen molar-refractivity contribution in [3.63, 3.8) is 0 Å². The van der Waals surface area contributed by atoms with Crippen LogP contribution in [0, 0.1) is 0 Å². The molecule has 2 aromatic heterocycles. The summed E-state index contributed by atoms with van der Waals surface area (Å²) >= 11 is 6.83. The molecule has 1 unspecified atom stereocenters. The molecule has 1 aliphatic rings. The number of benzene rings is 1. The number of nitrogens with zero attached hydrogens (tertiary/aromatic N) is 3. The van der Waals surface area contributed by atoms with Crippen molar-refractivity contribution in [3.8, 4) is 17.1 Å². The smallest absolute Gasteiger partial charge is 0.247 e. The van der Waals surface area contributed by atoms with Gasteiger partial charge in [-0.25, -0.2) is 0 Å². The number of halogens is 1. The van der Waals surface area contributed by atoms with Crippen LogP contribution in [0.3, 0.4) is 0 Å². The van der Waals surface area contributed by atoms with E-state index in [1.54, 1.807) is 23.1 Å². The number of unbranched alkanes of at least 4 members (excludes halogenated alkanes) is 2. The minimum atomic E-state index is -0.305. The summed E-state index contributed by atoms with van der Waals surface area (Å²) in [5.74, 6) is 1.51. The number of hydrogen-bond acceptors (Lipinski definition) is 7. The fraction of sp³-hybridized carbons (Fsp3) is 0.316. The normalized spacial score (nSPS) is 15.3. The minimum Gasteiger partial charge on any atom is -0.447 e. The maximum atomic E-state index is 6.25. The van der Waals surface area contributed by atoms with Crippen molar-refractivity contribution in [2.75, 3.05) is 11.1 Å². The van der Waals surface area contributed by atoms with E-state index >= 15 is 0 Å². The molecule has 0 fully saturated rings. The quantitative estimate of drug-likeness (QED) is 0.350. The second kappa shape index (κ2) is 8.58. The van der Waals surface area contributed by atoms with Crippen molar-refractivity contribution in [1.29, 1.82) is 0 Å². The van der Waals surface area contributed by atoms with Crippen LogP contribution in [0.4, 0.5) is 5.69 Å². The molecule has 8 heteroatoms. The van der Waals surface area contributed by atoms with Crippen molar-refractivity contribution >= 4 is 44.7 Å². The second-order valence-corrected chi connectivity index (χ2v) is 9.11. The second-order valence-electron chi connectivity index (χ2n) is 6.15. The number of fused-ring (bicyclic) bond motifs is 3. The average Bonchev–Trinajstić information content (AvgIpc) is 3.16. The van der Waals surface area contributed by atoms with Gasteiger partial charge in [-0.2, -0.15) is 4.98 Å². The molecule has 0 saturated heterocycles. The molecule has 0 saturated carbocycles. The fourth-order valence-corrected chi connectivity index (χ4v) is 4.66. The molecule has 5 nitrogen and oxygen atoms in total. The van der Waals surface area contributed by atoms with Crippen LogP contribution in [0.1, 0.15) is 37.3 Å². The Morgan fingerprint density at radius 1 is 1.26 bits per heavy atom. The van der Waals surface area contributed by atoms with Crippen molar-refractivity contribution in [1.82, 2.24) is 15.2 Å². The molecule has 0 bridgehead atoms. The molecule has 3 heterocycles. The Bertz CT molecular complexity index is 920. The first kappa shape index (κ1) is 18.7. The number of anilines is 1. The summed E-state index contributed by atoms with van der Waals surface area (Å²) in [6.45, 7) is 2.20. The molecule has 0 amide bonds. The molecule has 0 aliphatic carbocycles. The van der Waals surface area contributed by atoms with Gasteiger partial charge in [-0.3, -0.25) is 0 Å². The standard InChI is InChI=1S/C19H19BrN4OS2/c1-2-3-4-9-27-19-22-18-16(23-24-19)13-11-12(20)7-8-14(13)21-17(25-18)15-6-5-10-26-15/h5-8,10-11,17,21H,2-4,9H2,1H3. The summed E-state index contributed by atoms with van der Waals surface area (Å²) in [6.07, 6.45) is 3.26. The highest BCUT2D eigenvalue weighted by Gasteiger charge is 2.26. The Labute approximate surface area is 175 Å². The number of thioether (sulfide) groups is 1. The molecule has 1 aliphatic heterocycles. The van der Waals surface area contributed by atoms with Crippen LogP contribution in [0.25, 0.3) is 11.3 Å². The summed E-state index contributed by atoms with van der Waals surface area (Å²) in [4.78, 5) is 5.77. The van der Waals surface area contributed by atoms with Gasteiger partial charge in [-0.15, -0.1) is 21.5 Å². The van der Waals surface area contributed by atoms with Gasteiger partial charge in [0.05, 0.1) is 4.88 Å². The van der Waals surface area contributed by atoms with Gasteiger partial charge in [0, 0.05) is 21.5 Å². The number of ether oxygens (including phenoxy) is 1. The van der Waals surface area contributed by atoms with Gasteiger partial charge in [-0.05, 0) is 36.1 Å². The topological polar surface area (TPSA) is 59.9 Å². The van der Waals surface area contributed by atoms with Gasteiger partial charge in [-0.1, -0.05) is 53.5 Å². The summed E-state index contributed by atoms with van der Waals surface area (Å²) in [6, 6.07) is 10.1. The molecular weight excluding hydrogens is 444 g/mol. The molecule has 27 heavy (non-hydrogen) atoms. The van der Waals surface area contributed by atoms with E-state index in [-0.39, 0.29) is 6.23 Å². The van der Waals surface area contributed by atoms with E-state index in [0.29, 0.717) is 16.7 Å². The monoisotopic (exact) mass is 462 g/mol. The summed E-state index contributed by atoms with van der Waals surface area (Å²) in [7, 11) is 0. The molecule has 1 atom stereocenters. The highest BCUT2D eigenvalue weighted by molar-refractivity contribution is 9.10. The predicted molar refractivity (Wildman–Crippen MR) is 115 cm³/mol. The lowest BCUT2D eigenvalue weighted by atomic mass is 10.1. The summed E-state index contributed by atoms with van der Waals surface area (Å²) in [5, 5.41) is 15.0. The number of nitrogens with one attached hydrogen (secondary N) is 1. The van der Waals surface area contributed by atoms with Crippen molar-refractivity contribution in [3.05, 3.63) is 45.1 Å². The van der Waals surface area contributed by atoms with E-state index in [9.17, 15) is 0 Å². The Morgan fingerprint density at radius 2 is 2.19 bits per heavy atom. The fourth-order valence-electron chi connectivity index (χ4n) is 2.82. The summed E-state index contributed by atoms with van der Waals surface area (Å²) < 4.78 is 7.22. The molecule has 1 N–H and O–H groups in total. The highest BCUT2D eigenvalue weighted by Crippen LogP contribution is 2.41. The van der Waals surface area contributed by atoms with Crippen LogP contribution < -0.4 is 10.1 Å². The lowest BCUT2D eigenvalue weighted by Crippen LogP contribution is -2.15. The van der Waals surface area contributed by atoms with Gasteiger partial charge in [0.1, 0.15) is 0 Å². The number of rotatable bonds is 6. The largest absolute Gasteiger partial charge is 0.447 e. The first-order valence-electron chi connectivity index (χ1n) is 8.88. The van der Waals surface area contributed by atoms with Crippen LogP contribution in [0.2, 0.25) is 0 Å². The van der Waals surface area contributed by atoms with Crippen LogP contribution in [-0.2, 0) is 0 Å². The van der Waals surface area contributed by atoms with Gasteiger partial charge >= 0.3 is 0 Å². The van der Waals surface area contributed by atoms with E-state index in [2.05, 4.69) is 49.4 Å². The average molecular weight is 463 g/mol. The number of aromatic nitrogens is 3. The number of thiophene rings is 1. The van der Waals surface area contributed by atoms with Crippen LogP contribution in [0.5, 0.6) is 5.88 Å². The lowest BCUT2D eigenvalue weighted by Gasteiger charge is -2.17. The van der Waals surface area contributed by atoms with Gasteiger partial charge in [0.15, 0.2) is 5.69 Å². The van der Waals surface area contributed by atoms with Crippen molar-refractivity contribution in [2.24, 2.45) is 0 Å². The molecular formula is C19H19BrN4OS2. The van der Waals surface area contributed by atoms with E-state index in [0.717, 1.165) is 32.8 Å². The highest BCUT2D eigenvalue weighted by atomic mass is 79.9. The molecule has 4 rings (SSSR count). The van der Waals surface area contributed by atoms with Crippen LogP contribution in [0.15, 0.2) is 45.3 Å². The van der Waals surface area contributed by atoms with Gasteiger partial charge in [0.25, 0.3) is 0 Å². The zero-order valence-electron chi connectivity index (χ0n) is 14.8. The van der Waals surface area contributed by atoms with E-state index < -0.39 is 0 Å². The zero-order chi connectivity index (χ0) is 18.6. The number of hydrogen-bond donors (Lipinski definition) is 1. The Balaban J connectivity index is 1.70. The third-order valence-corrected chi connectivity index (χ3v) is 6.50. The minimum absolute atomic E-state index is 0.305. The zero-order valence-corrected chi connectivity index (χ0v) is 18.0. The first-order chi connectivity index (χ1) is 13.2. The molecule has 3 aromatic rings. The van der Waals surface area contributed by atoms with Crippen LogP contribution >= 0.6 is 39.0 Å². The molecule has 140 valence electrons. The van der Waals surface area contributed by atoms with E-state index in [1.807, 2.05) is 29.6 Å². The third-order valence-electron chi connectivity index (χ3n) is 4.17. The SMILES string of the molecule is CCCCCSc1nnc2c(n1)OC(c1cccs1)Nc1ccc(Br)cc1-2. The van der Waals surface area contributed by atoms with E-state index in [1.165, 1.54) is 12.8 Å². The van der Waals surface area contributed by atoms with Gasteiger partial charge < -0.3 is 10.1 Å². The Hall–Kier alpha value is -1.64. The van der Waals surface area contributed by atoms with E-state index in [4.69, 9.17) is 4.74 Å². The lowest BCUT2D eigenvalue weighted by molar-refractivity contribution is 0.229. The Morgan fingerprint density at radius 3 is 3.00 bits per heavy atom. The molecule has 0 spiro atoms. The van der Waals surface area contributed by atoms with Crippen molar-refractivity contribution < 1.29 is 4.74 Å². The van der Waals surface area contributed by atoms with Gasteiger partial charge in [0.2, 0.25) is 17.3 Å². The maximum Gasteiger partial charge on any atom is 0.247 e.